The largest absolute Gasteiger partial charge is 0.636 e. The number of rotatable bonds is 14. The van der Waals surface area contributed by atoms with E-state index in [0.29, 0.717) is 25.0 Å². The van der Waals surface area contributed by atoms with E-state index in [1.165, 1.54) is 22.3 Å². The van der Waals surface area contributed by atoms with E-state index in [2.05, 4.69) is 97.1 Å². The molecule has 0 bridgehead atoms. The summed E-state index contributed by atoms with van der Waals surface area (Å²) in [5.41, 5.74) is 5.19. The van der Waals surface area contributed by atoms with E-state index in [9.17, 15) is 5.02 Å². The summed E-state index contributed by atoms with van der Waals surface area (Å²) in [6.07, 6.45) is 3.55. The van der Waals surface area contributed by atoms with E-state index < -0.39 is 7.32 Å². The topological polar surface area (TPSA) is 38.7 Å². The van der Waals surface area contributed by atoms with E-state index >= 15 is 0 Å². The minimum absolute atomic E-state index is 0.307. The maximum atomic E-state index is 10.2. The SMILES string of the molecule is OB(OCCCC(c1ccccc1)c1ccccc1)OCCCC(c1ccccc1)c1ccccc1. The van der Waals surface area contributed by atoms with Crippen molar-refractivity contribution in [2.24, 2.45) is 0 Å². The van der Waals surface area contributed by atoms with Crippen LogP contribution in [-0.2, 0) is 9.31 Å². The molecule has 4 rings (SSSR count). The third kappa shape index (κ3) is 7.92. The molecule has 0 unspecified atom stereocenters. The maximum absolute atomic E-state index is 10.2. The Bertz CT molecular complexity index is 937. The second-order valence-corrected chi connectivity index (χ2v) is 9.08. The molecule has 0 atom stereocenters. The van der Waals surface area contributed by atoms with Gasteiger partial charge in [-0.3, -0.25) is 0 Å². The Kier molecular flexibility index (Phi) is 10.4. The van der Waals surface area contributed by atoms with Crippen molar-refractivity contribution in [1.82, 2.24) is 0 Å². The molecular weight excluding hydrogens is 443 g/mol. The van der Waals surface area contributed by atoms with Gasteiger partial charge in [0.2, 0.25) is 0 Å². The zero-order valence-electron chi connectivity index (χ0n) is 20.8. The van der Waals surface area contributed by atoms with Crippen LogP contribution in [0.1, 0.15) is 59.8 Å². The first-order chi connectivity index (χ1) is 17.8. The highest BCUT2D eigenvalue weighted by molar-refractivity contribution is 6.34. The van der Waals surface area contributed by atoms with E-state index in [1.807, 2.05) is 24.3 Å². The molecule has 0 saturated carbocycles. The van der Waals surface area contributed by atoms with Gasteiger partial charge in [-0.2, -0.15) is 0 Å². The summed E-state index contributed by atoms with van der Waals surface area (Å²) in [5.74, 6) is 0.615. The van der Waals surface area contributed by atoms with Crippen LogP contribution in [0.4, 0.5) is 0 Å². The second-order valence-electron chi connectivity index (χ2n) is 9.08. The van der Waals surface area contributed by atoms with Gasteiger partial charge in [0.25, 0.3) is 0 Å². The first-order valence-corrected chi connectivity index (χ1v) is 12.9. The molecule has 0 radical (unpaired) electrons. The highest BCUT2D eigenvalue weighted by Crippen LogP contribution is 2.30. The molecule has 36 heavy (non-hydrogen) atoms. The zero-order valence-corrected chi connectivity index (χ0v) is 20.8. The van der Waals surface area contributed by atoms with Crippen molar-refractivity contribution in [3.05, 3.63) is 144 Å². The van der Waals surface area contributed by atoms with Crippen LogP contribution in [0.2, 0.25) is 0 Å². The maximum Gasteiger partial charge on any atom is 0.636 e. The van der Waals surface area contributed by atoms with Gasteiger partial charge in [-0.25, -0.2) is 0 Å². The summed E-state index contributed by atoms with van der Waals surface area (Å²) in [7, 11) is -1.19. The van der Waals surface area contributed by atoms with Crippen LogP contribution in [0.3, 0.4) is 0 Å². The molecule has 0 spiro atoms. The van der Waals surface area contributed by atoms with Gasteiger partial charge in [0.15, 0.2) is 0 Å². The van der Waals surface area contributed by atoms with Crippen LogP contribution in [0.25, 0.3) is 0 Å². The Hall–Kier alpha value is -3.18. The van der Waals surface area contributed by atoms with E-state index in [1.54, 1.807) is 0 Å². The van der Waals surface area contributed by atoms with Gasteiger partial charge in [0.05, 0.1) is 0 Å². The van der Waals surface area contributed by atoms with Crippen molar-refractivity contribution >= 4 is 7.32 Å². The fourth-order valence-corrected chi connectivity index (χ4v) is 4.78. The molecule has 0 aliphatic rings. The first-order valence-electron chi connectivity index (χ1n) is 12.9. The molecule has 4 aromatic carbocycles. The van der Waals surface area contributed by atoms with Crippen LogP contribution in [-0.4, -0.2) is 25.6 Å². The van der Waals surface area contributed by atoms with Gasteiger partial charge < -0.3 is 14.3 Å². The summed E-state index contributed by atoms with van der Waals surface area (Å²) >= 11 is 0. The Morgan fingerprint density at radius 1 is 0.472 bits per heavy atom. The van der Waals surface area contributed by atoms with Gasteiger partial charge in [-0.1, -0.05) is 121 Å². The number of benzene rings is 4. The Morgan fingerprint density at radius 2 is 0.750 bits per heavy atom. The monoisotopic (exact) mass is 478 g/mol. The molecule has 0 fully saturated rings. The lowest BCUT2D eigenvalue weighted by Crippen LogP contribution is -2.24. The highest BCUT2D eigenvalue weighted by Gasteiger charge is 2.19. The summed E-state index contributed by atoms with van der Waals surface area (Å²) in [6.45, 7) is 0.905. The van der Waals surface area contributed by atoms with Gasteiger partial charge in [0, 0.05) is 25.0 Å². The summed E-state index contributed by atoms with van der Waals surface area (Å²) in [5, 5.41) is 10.2. The van der Waals surface area contributed by atoms with Gasteiger partial charge in [-0.05, 0) is 47.9 Å². The van der Waals surface area contributed by atoms with E-state index in [0.717, 1.165) is 25.7 Å². The highest BCUT2D eigenvalue weighted by atomic mass is 16.7. The van der Waals surface area contributed by atoms with Crippen molar-refractivity contribution in [3.8, 4) is 0 Å². The Labute approximate surface area is 215 Å². The van der Waals surface area contributed by atoms with Crippen LogP contribution >= 0.6 is 0 Å². The molecule has 4 aromatic rings. The standard InChI is InChI=1S/C32H35BO3/c34-33(35-25-13-23-31(27-15-5-1-6-16-27)28-17-7-2-8-18-28)36-26-14-24-32(29-19-9-3-10-20-29)30-21-11-4-12-22-30/h1-12,15-22,31-32,34H,13-14,23-26H2. The molecule has 0 heterocycles. The molecule has 3 nitrogen and oxygen atoms in total. The molecule has 0 aliphatic carbocycles. The smallest absolute Gasteiger partial charge is 0.402 e. The lowest BCUT2D eigenvalue weighted by molar-refractivity contribution is 0.128. The van der Waals surface area contributed by atoms with E-state index in [-0.39, 0.29) is 0 Å². The molecule has 0 aromatic heterocycles. The fraction of sp³-hybridized carbons (Fsp3) is 0.250. The molecule has 184 valence electrons. The van der Waals surface area contributed by atoms with Crippen LogP contribution in [0.5, 0.6) is 0 Å². The van der Waals surface area contributed by atoms with Gasteiger partial charge >= 0.3 is 7.32 Å². The normalized spacial score (nSPS) is 11.2. The molecule has 0 amide bonds. The summed E-state index contributed by atoms with van der Waals surface area (Å²) < 4.78 is 11.1. The third-order valence-electron chi connectivity index (χ3n) is 6.60. The zero-order chi connectivity index (χ0) is 24.8. The average Bonchev–Trinajstić information content (AvgIpc) is 2.95. The minimum Gasteiger partial charge on any atom is -0.402 e. The lowest BCUT2D eigenvalue weighted by atomic mass is 9.87. The lowest BCUT2D eigenvalue weighted by Gasteiger charge is -2.19. The van der Waals surface area contributed by atoms with Crippen molar-refractivity contribution in [2.45, 2.75) is 37.5 Å². The number of hydrogen-bond donors (Lipinski definition) is 1. The molecule has 0 saturated heterocycles. The van der Waals surface area contributed by atoms with Crippen LogP contribution < -0.4 is 0 Å². The van der Waals surface area contributed by atoms with Crippen molar-refractivity contribution in [3.63, 3.8) is 0 Å². The predicted octanol–water partition coefficient (Wildman–Crippen LogP) is 7.22. The summed E-state index contributed by atoms with van der Waals surface area (Å²) in [6, 6.07) is 42.2. The Balaban J connectivity index is 1.20. The minimum atomic E-state index is -1.19. The second kappa shape index (κ2) is 14.4. The fourth-order valence-electron chi connectivity index (χ4n) is 4.78. The first kappa shape index (κ1) is 25.9. The van der Waals surface area contributed by atoms with Crippen LogP contribution in [0.15, 0.2) is 121 Å². The molecule has 0 aliphatic heterocycles. The van der Waals surface area contributed by atoms with Gasteiger partial charge in [-0.15, -0.1) is 0 Å². The average molecular weight is 478 g/mol. The van der Waals surface area contributed by atoms with Gasteiger partial charge in [0.1, 0.15) is 0 Å². The Morgan fingerprint density at radius 3 is 1.03 bits per heavy atom. The van der Waals surface area contributed by atoms with Crippen molar-refractivity contribution < 1.29 is 14.3 Å². The third-order valence-corrected chi connectivity index (χ3v) is 6.60. The predicted molar refractivity (Wildman–Crippen MR) is 148 cm³/mol. The van der Waals surface area contributed by atoms with E-state index in [4.69, 9.17) is 9.31 Å². The molecular formula is C32H35BO3. The summed E-state index contributed by atoms with van der Waals surface area (Å²) in [4.78, 5) is 0. The van der Waals surface area contributed by atoms with Crippen molar-refractivity contribution in [2.75, 3.05) is 13.2 Å². The molecule has 1 N–H and O–H groups in total. The van der Waals surface area contributed by atoms with Crippen molar-refractivity contribution in [1.29, 1.82) is 0 Å². The number of hydrogen-bond acceptors (Lipinski definition) is 3. The van der Waals surface area contributed by atoms with Crippen LogP contribution in [0, 0.1) is 0 Å². The molecule has 4 heteroatoms. The quantitative estimate of drug-likeness (QED) is 0.154.